The number of ether oxygens (including phenoxy) is 2. The molecule has 0 radical (unpaired) electrons. The zero-order valence-electron chi connectivity index (χ0n) is 10.7. The van der Waals surface area contributed by atoms with Gasteiger partial charge < -0.3 is 14.8 Å². The van der Waals surface area contributed by atoms with Crippen molar-refractivity contribution in [2.24, 2.45) is 5.92 Å². The molecule has 2 fully saturated rings. The van der Waals surface area contributed by atoms with E-state index in [1.165, 1.54) is 43.5 Å². The Labute approximate surface area is 108 Å². The summed E-state index contributed by atoms with van der Waals surface area (Å²) in [7, 11) is 0. The zero-order chi connectivity index (χ0) is 12.2. The first kappa shape index (κ1) is 12.2. The Balaban J connectivity index is 1.59. The van der Waals surface area contributed by atoms with Crippen molar-refractivity contribution in [3.63, 3.8) is 0 Å². The third-order valence-corrected chi connectivity index (χ3v) is 3.96. The molecule has 2 saturated heterocycles. The van der Waals surface area contributed by atoms with E-state index in [1.807, 2.05) is 0 Å². The Morgan fingerprint density at radius 1 is 1.11 bits per heavy atom. The van der Waals surface area contributed by atoms with Gasteiger partial charge in [-0.05, 0) is 49.4 Å². The average Bonchev–Trinajstić information content (AvgIpc) is 2.95. The summed E-state index contributed by atoms with van der Waals surface area (Å²) in [6, 6.07) is 8.88. The number of hydrogen-bond donors (Lipinski definition) is 1. The Bertz CT molecular complexity index is 365. The summed E-state index contributed by atoms with van der Waals surface area (Å²) in [5.74, 6) is 0.850. The van der Waals surface area contributed by atoms with Gasteiger partial charge in [0.25, 0.3) is 0 Å². The monoisotopic (exact) mass is 247 g/mol. The molecule has 0 amide bonds. The Morgan fingerprint density at radius 2 is 1.89 bits per heavy atom. The topological polar surface area (TPSA) is 30.5 Å². The highest BCUT2D eigenvalue weighted by Gasteiger charge is 2.18. The molecule has 0 saturated carbocycles. The molecule has 3 nitrogen and oxygen atoms in total. The van der Waals surface area contributed by atoms with Crippen LogP contribution in [-0.4, -0.2) is 26.5 Å². The average molecular weight is 247 g/mol. The second kappa shape index (κ2) is 5.83. The van der Waals surface area contributed by atoms with Gasteiger partial charge in [0, 0.05) is 0 Å². The molecule has 1 aromatic carbocycles. The first-order chi connectivity index (χ1) is 8.92. The quantitative estimate of drug-likeness (QED) is 0.889. The van der Waals surface area contributed by atoms with Crippen molar-refractivity contribution in [3.8, 4) is 0 Å². The van der Waals surface area contributed by atoms with Crippen LogP contribution < -0.4 is 5.32 Å². The van der Waals surface area contributed by atoms with Crippen molar-refractivity contribution >= 4 is 0 Å². The second-order valence-electron chi connectivity index (χ2n) is 5.28. The predicted molar refractivity (Wildman–Crippen MR) is 70.4 cm³/mol. The molecule has 3 heteroatoms. The molecule has 0 spiro atoms. The van der Waals surface area contributed by atoms with Crippen molar-refractivity contribution in [1.82, 2.24) is 5.32 Å². The van der Waals surface area contributed by atoms with Gasteiger partial charge in [-0.15, -0.1) is 0 Å². The Morgan fingerprint density at radius 3 is 2.56 bits per heavy atom. The van der Waals surface area contributed by atoms with Gasteiger partial charge in [-0.1, -0.05) is 24.3 Å². The van der Waals surface area contributed by atoms with E-state index in [4.69, 9.17) is 9.47 Å². The summed E-state index contributed by atoms with van der Waals surface area (Å²) in [5, 5.41) is 3.42. The van der Waals surface area contributed by atoms with Gasteiger partial charge in [0.2, 0.25) is 0 Å². The highest BCUT2D eigenvalue weighted by Crippen LogP contribution is 2.24. The molecule has 1 unspecified atom stereocenters. The minimum absolute atomic E-state index is 0.137. The van der Waals surface area contributed by atoms with E-state index in [0.29, 0.717) is 13.4 Å². The smallest absolute Gasteiger partial charge is 0.147 e. The lowest BCUT2D eigenvalue weighted by atomic mass is 9.90. The predicted octanol–water partition coefficient (Wildman–Crippen LogP) is 2.27. The Hall–Kier alpha value is -0.900. The van der Waals surface area contributed by atoms with Crippen LogP contribution in [0.2, 0.25) is 0 Å². The van der Waals surface area contributed by atoms with E-state index < -0.39 is 0 Å². The second-order valence-corrected chi connectivity index (χ2v) is 5.28. The molecule has 2 heterocycles. The van der Waals surface area contributed by atoms with E-state index in [9.17, 15) is 0 Å². The largest absolute Gasteiger partial charge is 0.352 e. The minimum atomic E-state index is 0.137. The fourth-order valence-corrected chi connectivity index (χ4v) is 2.81. The molecule has 0 aliphatic carbocycles. The van der Waals surface area contributed by atoms with Crippen molar-refractivity contribution in [2.45, 2.75) is 25.4 Å². The maximum Gasteiger partial charge on any atom is 0.147 e. The normalized spacial score (nSPS) is 25.4. The number of nitrogens with one attached hydrogen (secondary N) is 1. The lowest BCUT2D eigenvalue weighted by Gasteiger charge is -2.22. The summed E-state index contributed by atoms with van der Waals surface area (Å²) >= 11 is 0. The van der Waals surface area contributed by atoms with E-state index in [-0.39, 0.29) is 6.10 Å². The number of piperidine rings is 1. The van der Waals surface area contributed by atoms with Gasteiger partial charge in [-0.3, -0.25) is 0 Å². The molecule has 18 heavy (non-hydrogen) atoms. The maximum absolute atomic E-state index is 5.50. The summed E-state index contributed by atoms with van der Waals surface area (Å²) in [4.78, 5) is 0. The van der Waals surface area contributed by atoms with Crippen LogP contribution in [0.25, 0.3) is 0 Å². The van der Waals surface area contributed by atoms with Gasteiger partial charge in [-0.25, -0.2) is 0 Å². The molecule has 0 bridgehead atoms. The first-order valence-electron chi connectivity index (χ1n) is 6.91. The molecule has 1 N–H and O–H groups in total. The van der Waals surface area contributed by atoms with E-state index in [0.717, 1.165) is 5.92 Å². The van der Waals surface area contributed by atoms with Gasteiger partial charge in [0.1, 0.15) is 12.9 Å². The van der Waals surface area contributed by atoms with Crippen molar-refractivity contribution in [1.29, 1.82) is 0 Å². The van der Waals surface area contributed by atoms with Crippen LogP contribution in [0.5, 0.6) is 0 Å². The lowest BCUT2D eigenvalue weighted by Crippen LogP contribution is -2.28. The fraction of sp³-hybridized carbons (Fsp3) is 0.600. The maximum atomic E-state index is 5.50. The van der Waals surface area contributed by atoms with Gasteiger partial charge in [0.15, 0.2) is 0 Å². The lowest BCUT2D eigenvalue weighted by molar-refractivity contribution is 0.0466. The summed E-state index contributed by atoms with van der Waals surface area (Å²) in [6.45, 7) is 3.47. The molecule has 3 rings (SSSR count). The van der Waals surface area contributed by atoms with Crippen molar-refractivity contribution in [2.75, 3.05) is 26.5 Å². The Kier molecular flexibility index (Phi) is 3.93. The van der Waals surface area contributed by atoms with Crippen LogP contribution in [0.1, 0.15) is 30.1 Å². The molecule has 98 valence electrons. The molecule has 1 atom stereocenters. The molecule has 2 aliphatic rings. The first-order valence-corrected chi connectivity index (χ1v) is 6.91. The highest BCUT2D eigenvalue weighted by atomic mass is 16.7. The molecular formula is C15H21NO2. The highest BCUT2D eigenvalue weighted by molar-refractivity contribution is 5.25. The fourth-order valence-electron chi connectivity index (χ4n) is 2.81. The van der Waals surface area contributed by atoms with Crippen LogP contribution in [0, 0.1) is 5.92 Å². The van der Waals surface area contributed by atoms with Gasteiger partial charge in [0.05, 0.1) is 6.61 Å². The van der Waals surface area contributed by atoms with Gasteiger partial charge >= 0.3 is 0 Å². The van der Waals surface area contributed by atoms with Crippen LogP contribution in [0.3, 0.4) is 0 Å². The summed E-state index contributed by atoms with van der Waals surface area (Å²) in [6.07, 6.45) is 3.96. The number of benzene rings is 1. The summed E-state index contributed by atoms with van der Waals surface area (Å²) in [5.41, 5.74) is 2.69. The van der Waals surface area contributed by atoms with Crippen LogP contribution in [-0.2, 0) is 15.9 Å². The van der Waals surface area contributed by atoms with Crippen molar-refractivity contribution in [3.05, 3.63) is 35.4 Å². The molecule has 2 aliphatic heterocycles. The number of hydrogen-bond acceptors (Lipinski definition) is 3. The van der Waals surface area contributed by atoms with E-state index >= 15 is 0 Å². The van der Waals surface area contributed by atoms with Gasteiger partial charge in [-0.2, -0.15) is 0 Å². The zero-order valence-corrected chi connectivity index (χ0v) is 10.7. The third-order valence-electron chi connectivity index (χ3n) is 3.96. The minimum Gasteiger partial charge on any atom is -0.352 e. The van der Waals surface area contributed by atoms with E-state index in [2.05, 4.69) is 29.6 Å². The third kappa shape index (κ3) is 2.91. The van der Waals surface area contributed by atoms with Crippen LogP contribution >= 0.6 is 0 Å². The van der Waals surface area contributed by atoms with Crippen LogP contribution in [0.15, 0.2) is 24.3 Å². The standard InChI is InChI=1S/C15H21NO2/c1-3-14(15-10-17-11-18-15)4-2-12(1)9-13-5-7-16-8-6-13/h1-4,13,15-16H,5-11H2. The summed E-state index contributed by atoms with van der Waals surface area (Å²) < 4.78 is 10.7. The SMILES string of the molecule is c1cc(C2COCO2)ccc1CC1CCNCC1. The van der Waals surface area contributed by atoms with E-state index in [1.54, 1.807) is 0 Å². The molecular weight excluding hydrogens is 226 g/mol. The van der Waals surface area contributed by atoms with Crippen molar-refractivity contribution < 1.29 is 9.47 Å². The molecule has 0 aromatic heterocycles. The molecule has 1 aromatic rings. The number of rotatable bonds is 3. The van der Waals surface area contributed by atoms with Crippen LogP contribution in [0.4, 0.5) is 0 Å².